The third-order valence-electron chi connectivity index (χ3n) is 10.1. The Kier molecular flexibility index (Phi) is 7.06. The molecule has 10 aromatic rings. The van der Waals surface area contributed by atoms with Crippen molar-refractivity contribution in [3.05, 3.63) is 182 Å². The summed E-state index contributed by atoms with van der Waals surface area (Å²) in [6, 6.07) is 59.4. The quantitative estimate of drug-likeness (QED) is 0.134. The molecule has 0 spiro atoms. The summed E-state index contributed by atoms with van der Waals surface area (Å²) in [5.41, 5.74) is 6.39. The SMILES string of the molecule is O=P(c1ccccc1)(c1ccccc1)c1ccc(-c2nc3ccccc3c3c2cnc2c3ccc3ccc(-c4ccc5ccccc5c4)nc32)cc1. The van der Waals surface area contributed by atoms with Crippen molar-refractivity contribution >= 4 is 77.3 Å². The molecule has 244 valence electrons. The maximum atomic E-state index is 15.0. The lowest BCUT2D eigenvalue weighted by atomic mass is 9.97. The number of pyridine rings is 3. The van der Waals surface area contributed by atoms with Gasteiger partial charge < -0.3 is 4.57 Å². The maximum Gasteiger partial charge on any atom is 0.171 e. The zero-order chi connectivity index (χ0) is 34.6. The van der Waals surface area contributed by atoms with Crippen molar-refractivity contribution in [1.82, 2.24) is 15.0 Å². The van der Waals surface area contributed by atoms with E-state index in [0.717, 1.165) is 81.9 Å². The number of nitrogens with zero attached hydrogens (tertiary/aromatic N) is 3. The van der Waals surface area contributed by atoms with E-state index in [-0.39, 0.29) is 0 Å². The molecular formula is C47H30N3OP. The van der Waals surface area contributed by atoms with Crippen LogP contribution in [-0.4, -0.2) is 15.0 Å². The van der Waals surface area contributed by atoms with E-state index >= 15 is 4.57 Å². The molecule has 7 aromatic carbocycles. The third kappa shape index (κ3) is 4.84. The fraction of sp³-hybridized carbons (Fsp3) is 0. The van der Waals surface area contributed by atoms with Gasteiger partial charge in [0.05, 0.1) is 27.9 Å². The summed E-state index contributed by atoms with van der Waals surface area (Å²) >= 11 is 0. The van der Waals surface area contributed by atoms with Crippen LogP contribution in [-0.2, 0) is 4.57 Å². The van der Waals surface area contributed by atoms with Crippen molar-refractivity contribution in [1.29, 1.82) is 0 Å². The van der Waals surface area contributed by atoms with Gasteiger partial charge in [0.25, 0.3) is 0 Å². The number of benzene rings is 7. The highest BCUT2D eigenvalue weighted by Crippen LogP contribution is 2.43. The van der Waals surface area contributed by atoms with Gasteiger partial charge in [-0.2, -0.15) is 0 Å². The lowest BCUT2D eigenvalue weighted by molar-refractivity contribution is 0.592. The summed E-state index contributed by atoms with van der Waals surface area (Å²) in [5.74, 6) is 0. The number of fused-ring (bicyclic) bond motifs is 8. The van der Waals surface area contributed by atoms with Crippen molar-refractivity contribution in [3.63, 3.8) is 0 Å². The van der Waals surface area contributed by atoms with Gasteiger partial charge in [-0.15, -0.1) is 0 Å². The second kappa shape index (κ2) is 12.1. The van der Waals surface area contributed by atoms with E-state index in [1.54, 1.807) is 0 Å². The van der Waals surface area contributed by atoms with E-state index in [9.17, 15) is 0 Å². The largest absolute Gasteiger partial charge is 0.309 e. The molecule has 5 heteroatoms. The highest BCUT2D eigenvalue weighted by molar-refractivity contribution is 7.85. The zero-order valence-corrected chi connectivity index (χ0v) is 28.9. The second-order valence-corrected chi connectivity index (χ2v) is 15.9. The Morgan fingerprint density at radius 1 is 0.423 bits per heavy atom. The first-order chi connectivity index (χ1) is 25.6. The molecule has 52 heavy (non-hydrogen) atoms. The molecule has 0 aliphatic carbocycles. The minimum Gasteiger partial charge on any atom is -0.309 e. The van der Waals surface area contributed by atoms with Crippen LogP contribution >= 0.6 is 7.14 Å². The molecule has 0 unspecified atom stereocenters. The van der Waals surface area contributed by atoms with Crippen molar-refractivity contribution in [2.45, 2.75) is 0 Å². The first kappa shape index (κ1) is 30.4. The van der Waals surface area contributed by atoms with E-state index < -0.39 is 7.14 Å². The Balaban J connectivity index is 1.15. The average Bonchev–Trinajstić information content (AvgIpc) is 3.23. The van der Waals surface area contributed by atoms with Crippen LogP contribution in [0.2, 0.25) is 0 Å². The normalized spacial score (nSPS) is 11.9. The van der Waals surface area contributed by atoms with Gasteiger partial charge in [0, 0.05) is 60.2 Å². The summed E-state index contributed by atoms with van der Waals surface area (Å²) in [5, 5.41) is 9.97. The molecule has 0 radical (unpaired) electrons. The van der Waals surface area contributed by atoms with Crippen LogP contribution in [0.1, 0.15) is 0 Å². The van der Waals surface area contributed by atoms with Gasteiger partial charge in [-0.25, -0.2) is 9.97 Å². The Bertz CT molecular complexity index is 2990. The number of para-hydroxylation sites is 1. The Hall–Kier alpha value is -6.48. The molecule has 3 heterocycles. The standard InChI is InChI=1S/C47H30N3OP/c51-52(36-13-3-1-4-14-36,37-15-5-2-6-16-37)38-25-21-32(22-26-38)45-41-30-48-47-40(44(41)39-17-9-10-18-43(39)50-45)27-23-33-24-28-42(49-46(33)47)35-20-19-31-11-7-8-12-34(31)29-35/h1-30H. The first-order valence-electron chi connectivity index (χ1n) is 17.4. The van der Waals surface area contributed by atoms with E-state index in [0.29, 0.717) is 0 Å². The predicted octanol–water partition coefficient (Wildman–Crippen LogP) is 10.6. The Morgan fingerprint density at radius 3 is 1.81 bits per heavy atom. The monoisotopic (exact) mass is 683 g/mol. The highest BCUT2D eigenvalue weighted by atomic mass is 31.2. The molecular weight excluding hydrogens is 654 g/mol. The molecule has 0 amide bonds. The molecule has 3 aromatic heterocycles. The van der Waals surface area contributed by atoms with Crippen molar-refractivity contribution in [3.8, 4) is 22.5 Å². The molecule has 0 fully saturated rings. The van der Waals surface area contributed by atoms with E-state index in [2.05, 4.69) is 84.9 Å². The predicted molar refractivity (Wildman–Crippen MR) is 218 cm³/mol. The lowest BCUT2D eigenvalue weighted by Gasteiger charge is -2.20. The average molecular weight is 684 g/mol. The molecule has 0 aliphatic rings. The van der Waals surface area contributed by atoms with E-state index in [1.165, 1.54) is 10.8 Å². The lowest BCUT2D eigenvalue weighted by Crippen LogP contribution is -2.24. The van der Waals surface area contributed by atoms with Crippen molar-refractivity contribution in [2.75, 3.05) is 0 Å². The van der Waals surface area contributed by atoms with Crippen LogP contribution in [0.15, 0.2) is 182 Å². The van der Waals surface area contributed by atoms with E-state index in [4.69, 9.17) is 15.0 Å². The highest BCUT2D eigenvalue weighted by Gasteiger charge is 2.29. The van der Waals surface area contributed by atoms with Gasteiger partial charge in [-0.05, 0) is 29.0 Å². The molecule has 0 saturated carbocycles. The summed E-state index contributed by atoms with van der Waals surface area (Å²) < 4.78 is 15.0. The van der Waals surface area contributed by atoms with Gasteiger partial charge in [-0.1, -0.05) is 158 Å². The van der Waals surface area contributed by atoms with Gasteiger partial charge in [0.15, 0.2) is 7.14 Å². The molecule has 0 atom stereocenters. The van der Waals surface area contributed by atoms with Gasteiger partial charge >= 0.3 is 0 Å². The number of hydrogen-bond acceptors (Lipinski definition) is 4. The van der Waals surface area contributed by atoms with Crippen LogP contribution in [0.4, 0.5) is 0 Å². The van der Waals surface area contributed by atoms with Crippen LogP contribution in [0, 0.1) is 0 Å². The van der Waals surface area contributed by atoms with Gasteiger partial charge in [-0.3, -0.25) is 4.98 Å². The summed E-state index contributed by atoms with van der Waals surface area (Å²) in [7, 11) is -3.11. The fourth-order valence-electron chi connectivity index (χ4n) is 7.56. The number of aromatic nitrogens is 3. The van der Waals surface area contributed by atoms with E-state index in [1.807, 2.05) is 97.2 Å². The second-order valence-electron chi connectivity index (χ2n) is 13.1. The zero-order valence-electron chi connectivity index (χ0n) is 28.0. The Labute approximate surface area is 300 Å². The summed E-state index contributed by atoms with van der Waals surface area (Å²) in [4.78, 5) is 15.5. The topological polar surface area (TPSA) is 55.7 Å². The fourth-order valence-corrected chi connectivity index (χ4v) is 10.2. The first-order valence-corrected chi connectivity index (χ1v) is 19.1. The number of hydrogen-bond donors (Lipinski definition) is 0. The smallest absolute Gasteiger partial charge is 0.171 e. The minimum absolute atomic E-state index is 0.780. The molecule has 4 nitrogen and oxygen atoms in total. The Morgan fingerprint density at radius 2 is 1.04 bits per heavy atom. The minimum atomic E-state index is -3.11. The summed E-state index contributed by atoms with van der Waals surface area (Å²) in [6.07, 6.45) is 1.95. The number of rotatable bonds is 5. The van der Waals surface area contributed by atoms with Crippen molar-refractivity contribution in [2.24, 2.45) is 0 Å². The molecule has 10 rings (SSSR count). The molecule has 0 aliphatic heterocycles. The van der Waals surface area contributed by atoms with Crippen LogP contribution in [0.3, 0.4) is 0 Å². The third-order valence-corrected chi connectivity index (χ3v) is 13.2. The van der Waals surface area contributed by atoms with Crippen LogP contribution in [0.5, 0.6) is 0 Å². The maximum absolute atomic E-state index is 15.0. The van der Waals surface area contributed by atoms with Gasteiger partial charge in [0.1, 0.15) is 0 Å². The molecule has 0 saturated heterocycles. The van der Waals surface area contributed by atoms with Crippen LogP contribution < -0.4 is 15.9 Å². The van der Waals surface area contributed by atoms with Gasteiger partial charge in [0.2, 0.25) is 0 Å². The molecule has 0 bridgehead atoms. The van der Waals surface area contributed by atoms with Crippen LogP contribution in [0.25, 0.3) is 76.8 Å². The molecule has 0 N–H and O–H groups in total. The van der Waals surface area contributed by atoms with Crippen molar-refractivity contribution < 1.29 is 4.57 Å². The summed E-state index contributed by atoms with van der Waals surface area (Å²) in [6.45, 7) is 0.